The van der Waals surface area contributed by atoms with Crippen LogP contribution in [-0.4, -0.2) is 61.2 Å². The van der Waals surface area contributed by atoms with Crippen molar-refractivity contribution in [2.75, 3.05) is 27.7 Å². The lowest BCUT2D eigenvalue weighted by molar-refractivity contribution is -0.130. The number of hydrogen-bond acceptors (Lipinski definition) is 4. The van der Waals surface area contributed by atoms with E-state index in [0.717, 1.165) is 0 Å². The van der Waals surface area contributed by atoms with Crippen LogP contribution in [0.3, 0.4) is 0 Å². The van der Waals surface area contributed by atoms with E-state index in [1.165, 1.54) is 5.01 Å². The smallest absolute Gasteiger partial charge is 0.267 e. The molecule has 0 spiro atoms. The van der Waals surface area contributed by atoms with E-state index in [-0.39, 0.29) is 17.9 Å². The topological polar surface area (TPSA) is 65.0 Å². The van der Waals surface area contributed by atoms with Gasteiger partial charge in [-0.05, 0) is 20.0 Å². The third-order valence-electron chi connectivity index (χ3n) is 3.37. The third-order valence-corrected chi connectivity index (χ3v) is 3.37. The minimum atomic E-state index is -0.174. The van der Waals surface area contributed by atoms with Crippen LogP contribution in [0.5, 0.6) is 0 Å². The highest BCUT2D eigenvalue weighted by molar-refractivity contribution is 6.39. The second-order valence-electron chi connectivity index (χ2n) is 5.45. The monoisotopic (exact) mass is 268 g/mol. The number of nitrogens with zero attached hydrogens (tertiary/aromatic N) is 3. The molecule has 1 aliphatic rings. The Hall–Kier alpha value is -1.43. The number of nitrogens with one attached hydrogen (secondary N) is 1. The van der Waals surface area contributed by atoms with Crippen LogP contribution < -0.4 is 5.32 Å². The average Bonchev–Trinajstić information content (AvgIpc) is 2.31. The number of carbonyl (C=O) groups excluding carboxylic acids is 2. The van der Waals surface area contributed by atoms with E-state index in [9.17, 15) is 9.59 Å². The molecular weight excluding hydrogens is 244 g/mol. The molecule has 0 aliphatic carbocycles. The van der Waals surface area contributed by atoms with E-state index >= 15 is 0 Å². The zero-order valence-electron chi connectivity index (χ0n) is 12.4. The van der Waals surface area contributed by atoms with Crippen molar-refractivity contribution in [3.8, 4) is 0 Å². The summed E-state index contributed by atoms with van der Waals surface area (Å²) in [6.45, 7) is 4.84. The first kappa shape index (κ1) is 15.6. The van der Waals surface area contributed by atoms with E-state index in [4.69, 9.17) is 0 Å². The maximum Gasteiger partial charge on any atom is 0.267 e. The van der Waals surface area contributed by atoms with Crippen molar-refractivity contribution in [3.05, 3.63) is 0 Å². The first-order chi connectivity index (χ1) is 8.82. The summed E-state index contributed by atoms with van der Waals surface area (Å²) in [6.07, 6.45) is 0.771. The highest BCUT2D eigenvalue weighted by atomic mass is 16.2. The van der Waals surface area contributed by atoms with Crippen molar-refractivity contribution in [1.29, 1.82) is 0 Å². The van der Waals surface area contributed by atoms with Gasteiger partial charge in [0, 0.05) is 32.5 Å². The first-order valence-corrected chi connectivity index (χ1v) is 6.61. The lowest BCUT2D eigenvalue weighted by Gasteiger charge is -2.28. The van der Waals surface area contributed by atoms with Crippen LogP contribution in [0.25, 0.3) is 0 Å². The number of hydrogen-bond donors (Lipinski definition) is 1. The molecule has 0 aromatic rings. The van der Waals surface area contributed by atoms with E-state index in [1.54, 1.807) is 7.05 Å². The summed E-state index contributed by atoms with van der Waals surface area (Å²) in [7, 11) is 5.58. The lowest BCUT2D eigenvalue weighted by atomic mass is 10.0. The summed E-state index contributed by atoms with van der Waals surface area (Å²) >= 11 is 0. The van der Waals surface area contributed by atoms with E-state index < -0.39 is 0 Å². The van der Waals surface area contributed by atoms with Gasteiger partial charge in [-0.2, -0.15) is 5.10 Å². The molecule has 0 fully saturated rings. The Morgan fingerprint density at radius 1 is 1.42 bits per heavy atom. The van der Waals surface area contributed by atoms with E-state index in [2.05, 4.69) is 29.2 Å². The van der Waals surface area contributed by atoms with Crippen LogP contribution in [0.1, 0.15) is 26.7 Å². The van der Waals surface area contributed by atoms with Gasteiger partial charge >= 0.3 is 0 Å². The Morgan fingerprint density at radius 3 is 2.53 bits per heavy atom. The fourth-order valence-electron chi connectivity index (χ4n) is 2.15. The van der Waals surface area contributed by atoms with Gasteiger partial charge in [0.25, 0.3) is 5.91 Å². The maximum atomic E-state index is 12.0. The highest BCUT2D eigenvalue weighted by Gasteiger charge is 2.23. The van der Waals surface area contributed by atoms with Crippen molar-refractivity contribution >= 4 is 17.5 Å². The number of hydrazone groups is 1. The van der Waals surface area contributed by atoms with Gasteiger partial charge < -0.3 is 10.2 Å². The molecule has 6 nitrogen and oxygen atoms in total. The summed E-state index contributed by atoms with van der Waals surface area (Å²) < 4.78 is 0. The molecule has 1 heterocycles. The Bertz CT molecular complexity index is 369. The third kappa shape index (κ3) is 4.31. The van der Waals surface area contributed by atoms with Gasteiger partial charge in [-0.25, -0.2) is 5.01 Å². The average molecular weight is 268 g/mol. The zero-order chi connectivity index (χ0) is 14.6. The molecule has 1 rings (SSSR count). The molecule has 108 valence electrons. The minimum absolute atomic E-state index is 0.0510. The number of amides is 2. The van der Waals surface area contributed by atoms with Crippen molar-refractivity contribution in [3.63, 3.8) is 0 Å². The first-order valence-electron chi connectivity index (χ1n) is 6.61. The molecule has 1 atom stereocenters. The molecule has 6 heteroatoms. The van der Waals surface area contributed by atoms with Gasteiger partial charge in [-0.3, -0.25) is 9.59 Å². The maximum absolute atomic E-state index is 12.0. The van der Waals surface area contributed by atoms with Gasteiger partial charge in [0.05, 0.1) is 0 Å². The van der Waals surface area contributed by atoms with E-state index in [1.807, 2.05) is 14.1 Å². The second-order valence-corrected chi connectivity index (χ2v) is 5.45. The van der Waals surface area contributed by atoms with Crippen molar-refractivity contribution in [2.24, 2.45) is 11.0 Å². The fourth-order valence-corrected chi connectivity index (χ4v) is 2.15. The molecule has 2 amide bonds. The van der Waals surface area contributed by atoms with Gasteiger partial charge in [0.15, 0.2) is 0 Å². The van der Waals surface area contributed by atoms with Crippen LogP contribution in [0.2, 0.25) is 0 Å². The highest BCUT2D eigenvalue weighted by Crippen LogP contribution is 2.08. The normalized spacial score (nSPS) is 17.7. The summed E-state index contributed by atoms with van der Waals surface area (Å²) in [4.78, 5) is 25.4. The van der Waals surface area contributed by atoms with Gasteiger partial charge in [0.2, 0.25) is 5.91 Å². The number of rotatable bonds is 5. The predicted molar refractivity (Wildman–Crippen MR) is 74.8 cm³/mol. The molecule has 1 N–H and O–H groups in total. The summed E-state index contributed by atoms with van der Waals surface area (Å²) in [6, 6.07) is 0.285. The number of carbonyl (C=O) groups is 2. The molecule has 0 saturated carbocycles. The molecule has 0 bridgehead atoms. The Balaban J connectivity index is 2.56. The lowest BCUT2D eigenvalue weighted by Crippen LogP contribution is -2.46. The molecule has 0 aromatic heterocycles. The molecule has 19 heavy (non-hydrogen) atoms. The molecule has 1 aliphatic heterocycles. The molecular formula is C13H24N4O2. The SMILES string of the molecule is CC(C)[C@H](CNC(=O)C1=NN(C)C(=O)CC1)N(C)C. The molecule has 0 aromatic carbocycles. The summed E-state index contributed by atoms with van der Waals surface area (Å²) in [5, 5.41) is 8.15. The van der Waals surface area contributed by atoms with Crippen molar-refractivity contribution in [1.82, 2.24) is 15.2 Å². The van der Waals surface area contributed by atoms with Gasteiger partial charge in [-0.15, -0.1) is 0 Å². The predicted octanol–water partition coefficient (Wildman–Crippen LogP) is 0.297. The minimum Gasteiger partial charge on any atom is -0.349 e. The summed E-state index contributed by atoms with van der Waals surface area (Å²) in [5.41, 5.74) is 0.434. The Kier molecular flexibility index (Phi) is 5.47. The van der Waals surface area contributed by atoms with Gasteiger partial charge in [0.1, 0.15) is 5.71 Å². The standard InChI is InChI=1S/C13H24N4O2/c1-9(2)11(16(3)4)8-14-13(19)10-6-7-12(18)17(5)15-10/h9,11H,6-8H2,1-5H3,(H,14,19)/t11-/m0/s1. The van der Waals surface area contributed by atoms with Crippen LogP contribution in [0.4, 0.5) is 0 Å². The van der Waals surface area contributed by atoms with Gasteiger partial charge in [-0.1, -0.05) is 13.8 Å². The number of likely N-dealkylation sites (N-methyl/N-ethyl adjacent to an activating group) is 1. The fraction of sp³-hybridized carbons (Fsp3) is 0.769. The van der Waals surface area contributed by atoms with Crippen LogP contribution in [0, 0.1) is 5.92 Å². The quantitative estimate of drug-likeness (QED) is 0.780. The summed E-state index contributed by atoms with van der Waals surface area (Å²) in [5.74, 6) is 0.226. The van der Waals surface area contributed by atoms with Crippen LogP contribution >= 0.6 is 0 Å². The van der Waals surface area contributed by atoms with Crippen LogP contribution in [0.15, 0.2) is 5.10 Å². The Morgan fingerprint density at radius 2 is 2.05 bits per heavy atom. The molecule has 0 saturated heterocycles. The molecule has 0 unspecified atom stereocenters. The molecule has 0 radical (unpaired) electrons. The van der Waals surface area contributed by atoms with Crippen molar-refractivity contribution < 1.29 is 9.59 Å². The largest absolute Gasteiger partial charge is 0.349 e. The Labute approximate surface area is 114 Å². The van der Waals surface area contributed by atoms with E-state index in [0.29, 0.717) is 31.0 Å². The van der Waals surface area contributed by atoms with Crippen LogP contribution in [-0.2, 0) is 9.59 Å². The zero-order valence-corrected chi connectivity index (χ0v) is 12.4. The van der Waals surface area contributed by atoms with Crippen molar-refractivity contribution in [2.45, 2.75) is 32.7 Å². The second kappa shape index (κ2) is 6.65.